The first kappa shape index (κ1) is 21.8. The molecule has 0 unspecified atom stereocenters. The molecule has 1 fully saturated rings. The fourth-order valence-electron chi connectivity index (χ4n) is 4.18. The van der Waals surface area contributed by atoms with E-state index in [0.29, 0.717) is 18.4 Å². The van der Waals surface area contributed by atoms with Gasteiger partial charge in [0.05, 0.1) is 6.42 Å². The number of hydrogen-bond acceptors (Lipinski definition) is 3. The van der Waals surface area contributed by atoms with Gasteiger partial charge in [0.2, 0.25) is 5.91 Å². The number of amides is 1. The molecule has 29 heavy (non-hydrogen) atoms. The summed E-state index contributed by atoms with van der Waals surface area (Å²) in [6.07, 6.45) is 5.19. The lowest BCUT2D eigenvalue weighted by molar-refractivity contribution is -0.131. The average molecular weight is 396 g/mol. The van der Waals surface area contributed by atoms with Gasteiger partial charge < -0.3 is 15.5 Å². The number of likely N-dealkylation sites (tertiary alicyclic amines) is 1. The molecule has 1 amide bonds. The zero-order valence-corrected chi connectivity index (χ0v) is 18.1. The molecule has 1 aliphatic heterocycles. The summed E-state index contributed by atoms with van der Waals surface area (Å²) in [5.74, 6) is 0.968. The number of carbonyl (C=O) groups is 1. The van der Waals surface area contributed by atoms with Crippen molar-refractivity contribution in [2.45, 2.75) is 52.0 Å². The first-order chi connectivity index (χ1) is 14.1. The molecule has 4 nitrogen and oxygen atoms in total. The second-order valence-corrected chi connectivity index (χ2v) is 8.66. The average Bonchev–Trinajstić information content (AvgIpc) is 2.73. The highest BCUT2D eigenvalue weighted by atomic mass is 16.2. The highest BCUT2D eigenvalue weighted by Gasteiger charge is 2.22. The summed E-state index contributed by atoms with van der Waals surface area (Å²) in [6, 6.07) is 15.2. The van der Waals surface area contributed by atoms with Gasteiger partial charge in [-0.15, -0.1) is 0 Å². The first-order valence-corrected chi connectivity index (χ1v) is 11.3. The van der Waals surface area contributed by atoms with Crippen LogP contribution < -0.4 is 10.6 Å². The number of piperidine rings is 1. The second-order valence-electron chi connectivity index (χ2n) is 8.66. The third kappa shape index (κ3) is 6.83. The molecule has 2 N–H and O–H groups in total. The van der Waals surface area contributed by atoms with Gasteiger partial charge in [0.15, 0.2) is 0 Å². The number of nitrogens with zero attached hydrogens (tertiary/aromatic N) is 1. The molecule has 0 aromatic heterocycles. The number of carbonyl (C=O) groups excluding carboxylic acids is 1. The minimum atomic E-state index is 0.269. The van der Waals surface area contributed by atoms with Gasteiger partial charge in [0.1, 0.15) is 0 Å². The normalized spacial score (nSPS) is 15.3. The quantitative estimate of drug-likeness (QED) is 0.598. The Hall–Kier alpha value is -1.91. The number of unbranched alkanes of at least 4 members (excludes halogenated alkanes) is 1. The Balaban J connectivity index is 1.35. The predicted molar refractivity (Wildman–Crippen MR) is 122 cm³/mol. The summed E-state index contributed by atoms with van der Waals surface area (Å²) in [4.78, 5) is 14.9. The molecule has 0 atom stereocenters. The zero-order chi connectivity index (χ0) is 20.5. The van der Waals surface area contributed by atoms with Crippen LogP contribution in [0.1, 0.15) is 45.1 Å². The van der Waals surface area contributed by atoms with E-state index in [1.54, 1.807) is 0 Å². The summed E-state index contributed by atoms with van der Waals surface area (Å²) in [6.45, 7) is 9.47. The molecule has 4 heteroatoms. The molecule has 0 aliphatic carbocycles. The van der Waals surface area contributed by atoms with Gasteiger partial charge in [-0.2, -0.15) is 0 Å². The largest absolute Gasteiger partial charge is 0.342 e. The van der Waals surface area contributed by atoms with E-state index in [4.69, 9.17) is 0 Å². The third-order valence-electron chi connectivity index (χ3n) is 5.95. The van der Waals surface area contributed by atoms with Crippen molar-refractivity contribution in [3.05, 3.63) is 48.0 Å². The van der Waals surface area contributed by atoms with Crippen molar-refractivity contribution in [2.75, 3.05) is 32.7 Å². The lowest BCUT2D eigenvalue weighted by Gasteiger charge is -2.32. The highest BCUT2D eigenvalue weighted by Crippen LogP contribution is 2.21. The van der Waals surface area contributed by atoms with E-state index in [1.807, 2.05) is 0 Å². The molecule has 1 aliphatic rings. The Morgan fingerprint density at radius 2 is 1.76 bits per heavy atom. The van der Waals surface area contributed by atoms with Crippen molar-refractivity contribution in [3.8, 4) is 0 Å². The van der Waals surface area contributed by atoms with Gasteiger partial charge in [-0.05, 0) is 67.6 Å². The van der Waals surface area contributed by atoms with Crippen molar-refractivity contribution in [1.82, 2.24) is 15.5 Å². The van der Waals surface area contributed by atoms with Crippen LogP contribution in [0.4, 0.5) is 0 Å². The summed E-state index contributed by atoms with van der Waals surface area (Å²) in [7, 11) is 0. The zero-order valence-electron chi connectivity index (χ0n) is 18.1. The summed E-state index contributed by atoms with van der Waals surface area (Å²) >= 11 is 0. The van der Waals surface area contributed by atoms with E-state index in [0.717, 1.165) is 51.1 Å². The Labute approximate surface area is 176 Å². The predicted octanol–water partition coefficient (Wildman–Crippen LogP) is 3.99. The van der Waals surface area contributed by atoms with Crippen LogP contribution in [0.5, 0.6) is 0 Å². The maximum Gasteiger partial charge on any atom is 0.227 e. The lowest BCUT2D eigenvalue weighted by atomic mass is 9.95. The van der Waals surface area contributed by atoms with E-state index in [2.05, 4.69) is 71.8 Å². The molecular formula is C25H37N3O. The Morgan fingerprint density at radius 3 is 2.55 bits per heavy atom. The monoisotopic (exact) mass is 395 g/mol. The van der Waals surface area contributed by atoms with Crippen molar-refractivity contribution in [1.29, 1.82) is 0 Å². The Morgan fingerprint density at radius 1 is 1.03 bits per heavy atom. The van der Waals surface area contributed by atoms with Crippen LogP contribution in [0.15, 0.2) is 42.5 Å². The van der Waals surface area contributed by atoms with E-state index in [9.17, 15) is 4.79 Å². The minimum absolute atomic E-state index is 0.269. The third-order valence-corrected chi connectivity index (χ3v) is 5.95. The van der Waals surface area contributed by atoms with Crippen LogP contribution in [0, 0.1) is 5.92 Å². The number of fused-ring (bicyclic) bond motifs is 1. The number of rotatable bonds is 10. The van der Waals surface area contributed by atoms with Gasteiger partial charge in [-0.3, -0.25) is 4.79 Å². The smallest absolute Gasteiger partial charge is 0.227 e. The van der Waals surface area contributed by atoms with Gasteiger partial charge in [-0.1, -0.05) is 56.3 Å². The molecule has 158 valence electrons. The molecule has 1 heterocycles. The first-order valence-electron chi connectivity index (χ1n) is 11.3. The van der Waals surface area contributed by atoms with E-state index in [-0.39, 0.29) is 5.91 Å². The van der Waals surface area contributed by atoms with Crippen LogP contribution in [0.25, 0.3) is 10.8 Å². The van der Waals surface area contributed by atoms with Gasteiger partial charge in [0.25, 0.3) is 0 Å². The van der Waals surface area contributed by atoms with Crippen molar-refractivity contribution in [2.24, 2.45) is 5.92 Å². The fourth-order valence-corrected chi connectivity index (χ4v) is 4.18. The van der Waals surface area contributed by atoms with Crippen LogP contribution >= 0.6 is 0 Å². The highest BCUT2D eigenvalue weighted by molar-refractivity contribution is 5.90. The van der Waals surface area contributed by atoms with Crippen LogP contribution in [0.3, 0.4) is 0 Å². The van der Waals surface area contributed by atoms with Crippen LogP contribution in [0.2, 0.25) is 0 Å². The summed E-state index contributed by atoms with van der Waals surface area (Å²) in [5, 5.41) is 9.49. The second kappa shape index (κ2) is 11.3. The van der Waals surface area contributed by atoms with Crippen molar-refractivity contribution < 1.29 is 4.79 Å². The standard InChI is InChI=1S/C25H37N3O/c1-20(2)27-15-6-5-14-26-19-21-12-16-28(17-13-21)25(29)18-23-10-7-9-22-8-3-4-11-24(22)23/h3-4,7-11,20-21,26-27H,5-6,12-19H2,1-2H3. The number of hydrogen-bond donors (Lipinski definition) is 2. The van der Waals surface area contributed by atoms with E-state index in [1.165, 1.54) is 23.6 Å². The number of nitrogens with one attached hydrogen (secondary N) is 2. The molecular weight excluding hydrogens is 358 g/mol. The van der Waals surface area contributed by atoms with Crippen LogP contribution in [-0.4, -0.2) is 49.6 Å². The molecule has 0 spiro atoms. The SMILES string of the molecule is CC(C)NCCCCNCC1CCN(C(=O)Cc2cccc3ccccc23)CC1. The molecule has 0 bridgehead atoms. The van der Waals surface area contributed by atoms with E-state index >= 15 is 0 Å². The molecule has 0 radical (unpaired) electrons. The molecule has 1 saturated heterocycles. The molecule has 2 aromatic carbocycles. The maximum absolute atomic E-state index is 12.8. The summed E-state index contributed by atoms with van der Waals surface area (Å²) < 4.78 is 0. The Kier molecular flexibility index (Phi) is 8.51. The fraction of sp³-hybridized carbons (Fsp3) is 0.560. The topological polar surface area (TPSA) is 44.4 Å². The maximum atomic E-state index is 12.8. The van der Waals surface area contributed by atoms with Crippen molar-refractivity contribution in [3.63, 3.8) is 0 Å². The van der Waals surface area contributed by atoms with Gasteiger partial charge in [-0.25, -0.2) is 0 Å². The lowest BCUT2D eigenvalue weighted by Crippen LogP contribution is -2.41. The van der Waals surface area contributed by atoms with Gasteiger partial charge in [0, 0.05) is 19.1 Å². The van der Waals surface area contributed by atoms with Gasteiger partial charge >= 0.3 is 0 Å². The Bertz CT molecular complexity index is 760. The summed E-state index contributed by atoms with van der Waals surface area (Å²) in [5.41, 5.74) is 1.14. The molecule has 3 rings (SSSR count). The minimum Gasteiger partial charge on any atom is -0.342 e. The number of benzene rings is 2. The van der Waals surface area contributed by atoms with Crippen LogP contribution in [-0.2, 0) is 11.2 Å². The molecule has 0 saturated carbocycles. The molecule has 2 aromatic rings. The van der Waals surface area contributed by atoms with Crippen molar-refractivity contribution >= 4 is 16.7 Å². The van der Waals surface area contributed by atoms with E-state index < -0.39 is 0 Å².